The summed E-state index contributed by atoms with van der Waals surface area (Å²) in [6, 6.07) is 9.74. The van der Waals surface area contributed by atoms with E-state index in [0.29, 0.717) is 5.69 Å². The number of fused-ring (bicyclic) bond motifs is 1. The van der Waals surface area contributed by atoms with Gasteiger partial charge in [0, 0.05) is 36.9 Å². The molecule has 0 aliphatic carbocycles. The Hall–Kier alpha value is -4.08. The fourth-order valence-corrected chi connectivity index (χ4v) is 3.13. The summed E-state index contributed by atoms with van der Waals surface area (Å²) in [6.07, 6.45) is 6.56. The lowest BCUT2D eigenvalue weighted by Crippen LogP contribution is -2.36. The number of hydrogen-bond donors (Lipinski definition) is 2. The third kappa shape index (κ3) is 6.25. The Kier molecular flexibility index (Phi) is 7.72. The second-order valence-electron chi connectivity index (χ2n) is 7.07. The Balaban J connectivity index is 0.00000158. The third-order valence-corrected chi connectivity index (χ3v) is 4.69. The van der Waals surface area contributed by atoms with Crippen LogP contribution in [0, 0.1) is 0 Å². The zero-order valence-corrected chi connectivity index (χ0v) is 19.0. The Bertz CT molecular complexity index is 1290. The number of benzene rings is 1. The van der Waals surface area contributed by atoms with Gasteiger partial charge in [-0.2, -0.15) is 13.2 Å². The molecule has 0 aliphatic rings. The van der Waals surface area contributed by atoms with E-state index in [4.69, 9.17) is 0 Å². The summed E-state index contributed by atoms with van der Waals surface area (Å²) in [6.45, 7) is 2.60. The molecule has 0 atom stereocenters. The molecule has 0 unspecified atom stereocenters. The molecule has 1 aromatic carbocycles. The van der Waals surface area contributed by atoms with Gasteiger partial charge in [-0.15, -0.1) is 0 Å². The number of hydrogen-bond acceptors (Lipinski definition) is 3. The van der Waals surface area contributed by atoms with E-state index >= 15 is 0 Å². The molecular weight excluding hydrogens is 445 g/mol. The molecule has 0 radical (unpaired) electrons. The van der Waals surface area contributed by atoms with Crippen LogP contribution in [0.15, 0.2) is 61.2 Å². The van der Waals surface area contributed by atoms with Gasteiger partial charge in [-0.3, -0.25) is 4.40 Å². The fraction of sp³-hybridized carbons (Fsp3) is 0.208. The number of alkyl halides is 3. The number of pyridine rings is 1. The number of anilines is 1. The molecule has 10 heteroatoms. The lowest BCUT2D eigenvalue weighted by Gasteiger charge is -2.10. The van der Waals surface area contributed by atoms with Gasteiger partial charge in [0.15, 0.2) is 0 Å². The summed E-state index contributed by atoms with van der Waals surface area (Å²) in [5.41, 5.74) is 3.57. The standard InChI is InChI=1S/C22H19F3N6O.C2H6/c1-30-10-8-26-19(30)6-5-15-7-9-31-18(13-27-20(31)11-15)16-3-2-4-17(12-16)29-21(32)28-14-22(23,24)25;1-2/h2-13H,14H2,1H3,(H2,28,29,32);1-2H3/b6-5+;. The van der Waals surface area contributed by atoms with Gasteiger partial charge >= 0.3 is 12.2 Å². The second kappa shape index (κ2) is 10.7. The number of imidazole rings is 2. The van der Waals surface area contributed by atoms with Gasteiger partial charge in [-0.1, -0.05) is 32.1 Å². The highest BCUT2D eigenvalue weighted by atomic mass is 19.4. The van der Waals surface area contributed by atoms with Crippen molar-refractivity contribution in [3.63, 3.8) is 0 Å². The van der Waals surface area contributed by atoms with Crippen molar-refractivity contribution in [1.82, 2.24) is 24.3 Å². The molecule has 178 valence electrons. The van der Waals surface area contributed by atoms with Crippen molar-refractivity contribution in [2.45, 2.75) is 20.0 Å². The van der Waals surface area contributed by atoms with Gasteiger partial charge in [0.2, 0.25) is 0 Å². The third-order valence-electron chi connectivity index (χ3n) is 4.69. The average molecular weight is 470 g/mol. The molecule has 2 N–H and O–H groups in total. The lowest BCUT2D eigenvalue weighted by molar-refractivity contribution is -0.122. The van der Waals surface area contributed by atoms with E-state index in [1.54, 1.807) is 35.9 Å². The summed E-state index contributed by atoms with van der Waals surface area (Å²) in [5, 5.41) is 4.19. The molecule has 0 saturated heterocycles. The molecule has 3 heterocycles. The van der Waals surface area contributed by atoms with E-state index in [0.717, 1.165) is 28.3 Å². The molecule has 4 aromatic rings. The molecule has 2 amide bonds. The van der Waals surface area contributed by atoms with Crippen molar-refractivity contribution in [1.29, 1.82) is 0 Å². The minimum Gasteiger partial charge on any atom is -0.335 e. The highest BCUT2D eigenvalue weighted by molar-refractivity contribution is 5.90. The van der Waals surface area contributed by atoms with Gasteiger partial charge in [-0.05, 0) is 35.9 Å². The molecule has 4 rings (SSSR count). The number of carbonyl (C=O) groups is 1. The van der Waals surface area contributed by atoms with Crippen molar-refractivity contribution in [2.24, 2.45) is 7.05 Å². The van der Waals surface area contributed by atoms with E-state index in [2.05, 4.69) is 15.3 Å². The number of aryl methyl sites for hydroxylation is 1. The number of urea groups is 1. The van der Waals surface area contributed by atoms with Crippen LogP contribution in [0.4, 0.5) is 23.7 Å². The SMILES string of the molecule is CC.Cn1ccnc1/C=C/c1ccn2c(-c3cccc(NC(=O)NCC(F)(F)F)c3)cnc2c1. The maximum absolute atomic E-state index is 12.3. The number of rotatable bonds is 5. The van der Waals surface area contributed by atoms with Gasteiger partial charge in [-0.25, -0.2) is 14.8 Å². The number of aromatic nitrogens is 4. The van der Waals surface area contributed by atoms with E-state index in [9.17, 15) is 18.0 Å². The summed E-state index contributed by atoms with van der Waals surface area (Å²) in [7, 11) is 1.92. The van der Waals surface area contributed by atoms with Crippen LogP contribution in [0.5, 0.6) is 0 Å². The Morgan fingerprint density at radius 2 is 1.88 bits per heavy atom. The van der Waals surface area contributed by atoms with Crippen molar-refractivity contribution in [3.8, 4) is 11.3 Å². The summed E-state index contributed by atoms with van der Waals surface area (Å²) in [4.78, 5) is 20.4. The molecule has 0 saturated carbocycles. The van der Waals surface area contributed by atoms with Crippen LogP contribution >= 0.6 is 0 Å². The predicted octanol–water partition coefficient (Wildman–Crippen LogP) is 5.62. The zero-order valence-electron chi connectivity index (χ0n) is 19.0. The number of nitrogens with one attached hydrogen (secondary N) is 2. The first kappa shape index (κ1) is 24.6. The molecule has 3 aromatic heterocycles. The van der Waals surface area contributed by atoms with Gasteiger partial charge in [0.1, 0.15) is 18.0 Å². The van der Waals surface area contributed by atoms with Crippen molar-refractivity contribution >= 4 is 29.5 Å². The molecule has 7 nitrogen and oxygen atoms in total. The molecular formula is C24H25F3N6O. The Morgan fingerprint density at radius 3 is 2.59 bits per heavy atom. The maximum atomic E-state index is 12.3. The topological polar surface area (TPSA) is 76.2 Å². The molecule has 0 fully saturated rings. The van der Waals surface area contributed by atoms with Gasteiger partial charge in [0.05, 0.1) is 11.9 Å². The highest BCUT2D eigenvalue weighted by Crippen LogP contribution is 2.24. The Labute approximate surface area is 195 Å². The van der Waals surface area contributed by atoms with Crippen LogP contribution in [-0.2, 0) is 7.05 Å². The number of nitrogens with zero attached hydrogens (tertiary/aromatic N) is 4. The quantitative estimate of drug-likeness (QED) is 0.398. The van der Waals surface area contributed by atoms with Crippen molar-refractivity contribution < 1.29 is 18.0 Å². The first-order valence-corrected chi connectivity index (χ1v) is 10.6. The molecule has 34 heavy (non-hydrogen) atoms. The molecule has 0 bridgehead atoms. The largest absolute Gasteiger partial charge is 0.405 e. The minimum absolute atomic E-state index is 0.367. The van der Waals surface area contributed by atoms with Gasteiger partial charge < -0.3 is 15.2 Å². The predicted molar refractivity (Wildman–Crippen MR) is 127 cm³/mol. The first-order chi connectivity index (χ1) is 16.3. The van der Waals surface area contributed by atoms with E-state index in [-0.39, 0.29) is 0 Å². The summed E-state index contributed by atoms with van der Waals surface area (Å²) >= 11 is 0. The second-order valence-corrected chi connectivity index (χ2v) is 7.07. The smallest absolute Gasteiger partial charge is 0.335 e. The molecule has 0 spiro atoms. The maximum Gasteiger partial charge on any atom is 0.405 e. The van der Waals surface area contributed by atoms with E-state index < -0.39 is 18.8 Å². The van der Waals surface area contributed by atoms with E-state index in [1.165, 1.54) is 0 Å². The number of halogens is 3. The van der Waals surface area contributed by atoms with Crippen LogP contribution < -0.4 is 10.6 Å². The monoisotopic (exact) mass is 470 g/mol. The zero-order chi connectivity index (χ0) is 24.7. The Morgan fingerprint density at radius 1 is 1.09 bits per heavy atom. The van der Waals surface area contributed by atoms with Crippen molar-refractivity contribution in [2.75, 3.05) is 11.9 Å². The van der Waals surface area contributed by atoms with Crippen LogP contribution in [-0.4, -0.2) is 37.7 Å². The normalized spacial score (nSPS) is 11.4. The van der Waals surface area contributed by atoms with Gasteiger partial charge in [0.25, 0.3) is 0 Å². The van der Waals surface area contributed by atoms with Crippen LogP contribution in [0.1, 0.15) is 25.2 Å². The van der Waals surface area contributed by atoms with Crippen LogP contribution in [0.25, 0.3) is 29.1 Å². The molecule has 0 aliphatic heterocycles. The highest BCUT2D eigenvalue weighted by Gasteiger charge is 2.27. The van der Waals surface area contributed by atoms with Crippen LogP contribution in [0.2, 0.25) is 0 Å². The first-order valence-electron chi connectivity index (χ1n) is 10.6. The fourth-order valence-electron chi connectivity index (χ4n) is 3.13. The number of amides is 2. The van der Waals surface area contributed by atoms with E-state index in [1.807, 2.05) is 72.6 Å². The number of carbonyl (C=O) groups excluding carboxylic acids is 1. The van der Waals surface area contributed by atoms with Crippen molar-refractivity contribution in [3.05, 3.63) is 72.6 Å². The lowest BCUT2D eigenvalue weighted by atomic mass is 10.1. The summed E-state index contributed by atoms with van der Waals surface area (Å²) in [5.74, 6) is 0.831. The summed E-state index contributed by atoms with van der Waals surface area (Å²) < 4.78 is 40.6. The minimum atomic E-state index is -4.47. The van der Waals surface area contributed by atoms with Crippen LogP contribution in [0.3, 0.4) is 0 Å². The average Bonchev–Trinajstić information content (AvgIpc) is 3.43.